The van der Waals surface area contributed by atoms with Crippen LogP contribution in [-0.2, 0) is 38.1 Å². The lowest BCUT2D eigenvalue weighted by Gasteiger charge is -2.58. The van der Waals surface area contributed by atoms with Crippen LogP contribution in [-0.4, -0.2) is 55.2 Å². The highest BCUT2D eigenvalue weighted by Gasteiger charge is 2.59. The van der Waals surface area contributed by atoms with Crippen LogP contribution >= 0.6 is 0 Å². The first-order chi connectivity index (χ1) is 22.2. The van der Waals surface area contributed by atoms with Crippen molar-refractivity contribution in [3.8, 4) is 0 Å². The molecule has 0 aromatic heterocycles. The molecule has 0 spiro atoms. The zero-order chi connectivity index (χ0) is 34.1. The van der Waals surface area contributed by atoms with E-state index in [-0.39, 0.29) is 24.5 Å². The van der Waals surface area contributed by atoms with E-state index in [1.54, 1.807) is 0 Å². The fourth-order valence-corrected chi connectivity index (χ4v) is 11.0. The molecule has 0 aromatic rings. The summed E-state index contributed by atoms with van der Waals surface area (Å²) in [6, 6.07) is 0. The van der Waals surface area contributed by atoms with E-state index < -0.39 is 42.5 Å². The van der Waals surface area contributed by atoms with E-state index in [1.807, 2.05) is 0 Å². The summed E-state index contributed by atoms with van der Waals surface area (Å²) >= 11 is 0. The Bertz CT molecular complexity index is 1160. The summed E-state index contributed by atoms with van der Waals surface area (Å²) in [5, 5.41) is 0. The molecule has 0 aromatic carbocycles. The van der Waals surface area contributed by atoms with Gasteiger partial charge in [0.1, 0.15) is 18.8 Å². The van der Waals surface area contributed by atoms with Crippen LogP contribution in [0.3, 0.4) is 0 Å². The Hall–Kier alpha value is -1.93. The fraction of sp³-hybridized carbons (Fsp3) is 0.872. The largest absolute Gasteiger partial charge is 0.463 e. The predicted octanol–water partition coefficient (Wildman–Crippen LogP) is 7.95. The molecule has 8 heteroatoms. The van der Waals surface area contributed by atoms with Crippen molar-refractivity contribution < 1.29 is 38.1 Å². The Morgan fingerprint density at radius 1 is 0.915 bits per heavy atom. The van der Waals surface area contributed by atoms with Crippen molar-refractivity contribution in [3.63, 3.8) is 0 Å². The smallest absolute Gasteiger partial charge is 0.303 e. The quantitative estimate of drug-likeness (QED) is 0.125. The van der Waals surface area contributed by atoms with Crippen LogP contribution in [0.2, 0.25) is 0 Å². The van der Waals surface area contributed by atoms with Crippen LogP contribution in [0.4, 0.5) is 0 Å². The summed E-state index contributed by atoms with van der Waals surface area (Å²) in [6.07, 6.45) is 13.3. The lowest BCUT2D eigenvalue weighted by Crippen LogP contribution is -2.55. The van der Waals surface area contributed by atoms with Crippen molar-refractivity contribution in [1.29, 1.82) is 0 Å². The van der Waals surface area contributed by atoms with E-state index in [2.05, 4.69) is 40.7 Å². The van der Waals surface area contributed by atoms with Gasteiger partial charge >= 0.3 is 17.9 Å². The normalized spacial score (nSPS) is 40.4. The molecule has 4 aliphatic carbocycles. The Morgan fingerprint density at radius 2 is 1.66 bits per heavy atom. The van der Waals surface area contributed by atoms with Gasteiger partial charge in [-0.15, -0.1) is 0 Å². The summed E-state index contributed by atoms with van der Waals surface area (Å²) in [6.45, 7) is 16.2. The van der Waals surface area contributed by atoms with Gasteiger partial charge in [0, 0.05) is 27.2 Å². The van der Waals surface area contributed by atoms with E-state index in [0.29, 0.717) is 5.41 Å². The third kappa shape index (κ3) is 7.95. The Labute approximate surface area is 283 Å². The van der Waals surface area contributed by atoms with Gasteiger partial charge in [-0.25, -0.2) is 0 Å². The van der Waals surface area contributed by atoms with Crippen LogP contribution in [0, 0.1) is 46.3 Å². The van der Waals surface area contributed by atoms with Gasteiger partial charge in [-0.05, 0) is 97.7 Å². The summed E-state index contributed by atoms with van der Waals surface area (Å²) in [5.41, 5.74) is 2.22. The van der Waals surface area contributed by atoms with Crippen molar-refractivity contribution in [3.05, 3.63) is 11.6 Å². The second-order valence-corrected chi connectivity index (χ2v) is 16.7. The summed E-state index contributed by atoms with van der Waals surface area (Å²) < 4.78 is 29.2. The van der Waals surface area contributed by atoms with Gasteiger partial charge in [0.15, 0.2) is 12.4 Å². The van der Waals surface area contributed by atoms with Crippen molar-refractivity contribution in [2.45, 2.75) is 163 Å². The first-order valence-corrected chi connectivity index (χ1v) is 18.7. The average Bonchev–Trinajstić information content (AvgIpc) is 3.34. The maximum Gasteiger partial charge on any atom is 0.303 e. The topological polar surface area (TPSA) is 97.4 Å². The Morgan fingerprint density at radius 3 is 2.34 bits per heavy atom. The first-order valence-electron chi connectivity index (χ1n) is 18.7. The van der Waals surface area contributed by atoms with E-state index in [4.69, 9.17) is 23.7 Å². The molecule has 0 radical (unpaired) electrons. The molecular formula is C39H62O8. The average molecular weight is 659 g/mol. The molecule has 266 valence electrons. The van der Waals surface area contributed by atoms with Crippen molar-refractivity contribution in [2.75, 3.05) is 6.61 Å². The Balaban J connectivity index is 1.24. The highest BCUT2D eigenvalue weighted by Crippen LogP contribution is 2.67. The van der Waals surface area contributed by atoms with Gasteiger partial charge in [-0.3, -0.25) is 14.4 Å². The molecule has 5 rings (SSSR count). The number of esters is 3. The number of fused-ring (bicyclic) bond motifs is 5. The van der Waals surface area contributed by atoms with E-state index >= 15 is 0 Å². The molecular weight excluding hydrogens is 596 g/mol. The van der Waals surface area contributed by atoms with Gasteiger partial charge in [0.05, 0.1) is 6.10 Å². The first kappa shape index (κ1) is 36.4. The Kier molecular flexibility index (Phi) is 11.5. The fourth-order valence-electron chi connectivity index (χ4n) is 11.0. The molecule has 0 amide bonds. The number of hydrogen-bond donors (Lipinski definition) is 0. The maximum absolute atomic E-state index is 12.0. The standard InChI is InChI=1S/C39H62O8/c1-23(2)10-9-11-24(3)31-14-15-32-30-13-12-28-20-29(16-18-38(28,7)33(30)17-19-39(31,32)8)46-36-21-34(44-26(5)41)37(45-27(6)42)35(47-36)22-43-25(4)40/h12,23-24,29-37H,9-11,13-22H2,1-8H3/t24-,29+,30+,31-,32+,33+,34-,35-,36+,37+,38+,39-/m1/s1. The minimum Gasteiger partial charge on any atom is -0.463 e. The molecule has 0 bridgehead atoms. The van der Waals surface area contributed by atoms with Crippen LogP contribution in [0.1, 0.15) is 132 Å². The molecule has 47 heavy (non-hydrogen) atoms. The SMILES string of the molecule is CC(=O)OC[C@H]1O[C@H](O[C@H]2CC[C@@]3(C)C(=CC[C@H]4[C@@H]5CC[C@H]([C@H](C)CCCC(C)C)[C@@]5(C)CC[C@@H]43)C2)C[C@@H](OC(C)=O)[C@@H]1OC(C)=O. The number of ether oxygens (including phenoxy) is 5. The minimum absolute atomic E-state index is 0.0232. The van der Waals surface area contributed by atoms with Gasteiger partial charge in [0.25, 0.3) is 0 Å². The molecule has 12 atom stereocenters. The molecule has 1 saturated heterocycles. The summed E-state index contributed by atoms with van der Waals surface area (Å²) in [4.78, 5) is 35.5. The van der Waals surface area contributed by atoms with Gasteiger partial charge in [0.2, 0.25) is 0 Å². The lowest BCUT2D eigenvalue weighted by atomic mass is 9.47. The van der Waals surface area contributed by atoms with Crippen molar-refractivity contribution in [1.82, 2.24) is 0 Å². The highest BCUT2D eigenvalue weighted by molar-refractivity contribution is 5.67. The number of carbonyl (C=O) groups is 3. The number of hydrogen-bond acceptors (Lipinski definition) is 8. The maximum atomic E-state index is 12.0. The molecule has 4 fully saturated rings. The van der Waals surface area contributed by atoms with Crippen molar-refractivity contribution in [2.24, 2.45) is 46.3 Å². The predicted molar refractivity (Wildman–Crippen MR) is 179 cm³/mol. The summed E-state index contributed by atoms with van der Waals surface area (Å²) in [7, 11) is 0. The number of rotatable bonds is 11. The third-order valence-corrected chi connectivity index (χ3v) is 13.2. The third-order valence-electron chi connectivity index (χ3n) is 13.2. The molecule has 1 heterocycles. The van der Waals surface area contributed by atoms with Gasteiger partial charge in [-0.1, -0.05) is 65.5 Å². The minimum atomic E-state index is -0.890. The molecule has 0 N–H and O–H groups in total. The zero-order valence-corrected chi connectivity index (χ0v) is 30.4. The van der Waals surface area contributed by atoms with Crippen LogP contribution in [0.5, 0.6) is 0 Å². The molecule has 1 aliphatic heterocycles. The zero-order valence-electron chi connectivity index (χ0n) is 30.4. The number of carbonyl (C=O) groups excluding carboxylic acids is 3. The monoisotopic (exact) mass is 658 g/mol. The highest BCUT2D eigenvalue weighted by atomic mass is 16.7. The van der Waals surface area contributed by atoms with E-state index in [9.17, 15) is 14.4 Å². The van der Waals surface area contributed by atoms with Crippen molar-refractivity contribution >= 4 is 17.9 Å². The lowest BCUT2D eigenvalue weighted by molar-refractivity contribution is -0.278. The molecule has 5 aliphatic rings. The van der Waals surface area contributed by atoms with Crippen LogP contribution in [0.25, 0.3) is 0 Å². The second kappa shape index (κ2) is 14.9. The molecule has 0 unspecified atom stereocenters. The van der Waals surface area contributed by atoms with Gasteiger partial charge in [-0.2, -0.15) is 0 Å². The van der Waals surface area contributed by atoms with Crippen LogP contribution < -0.4 is 0 Å². The molecule has 3 saturated carbocycles. The van der Waals surface area contributed by atoms with E-state index in [1.165, 1.54) is 77.7 Å². The number of allylic oxidation sites excluding steroid dienone is 1. The molecule has 8 nitrogen and oxygen atoms in total. The van der Waals surface area contributed by atoms with E-state index in [0.717, 1.165) is 54.8 Å². The van der Waals surface area contributed by atoms with Crippen LogP contribution in [0.15, 0.2) is 11.6 Å². The van der Waals surface area contributed by atoms with Gasteiger partial charge < -0.3 is 23.7 Å². The second-order valence-electron chi connectivity index (χ2n) is 16.7. The summed E-state index contributed by atoms with van der Waals surface area (Å²) in [5.74, 6) is 3.34.